The highest BCUT2D eigenvalue weighted by Crippen LogP contribution is 2.25. The van der Waals surface area contributed by atoms with E-state index < -0.39 is 18.1 Å². The molecule has 0 radical (unpaired) electrons. The molecule has 0 aliphatic rings. The Morgan fingerprint density at radius 3 is 1.50 bits per heavy atom. The number of aromatic nitrogens is 3. The largest absolute Gasteiger partial charge is 0.351 e. The number of urea groups is 3. The first kappa shape index (κ1) is 12.9. The SMILES string of the molecule is NC(=O)Nc1nnnc(NC(N)=O)c1NC(N)=O. The normalized spacial score (nSPS) is 9.33. The Labute approximate surface area is 99.3 Å². The number of hydrogen-bond acceptors (Lipinski definition) is 6. The van der Waals surface area contributed by atoms with Crippen molar-refractivity contribution in [1.82, 2.24) is 15.4 Å². The molecule has 9 N–H and O–H groups in total. The molecule has 0 atom stereocenters. The Morgan fingerprint density at radius 1 is 0.778 bits per heavy atom. The van der Waals surface area contributed by atoms with Crippen molar-refractivity contribution in [3.05, 3.63) is 0 Å². The van der Waals surface area contributed by atoms with Gasteiger partial charge in [0.25, 0.3) is 0 Å². The molecule has 1 heterocycles. The summed E-state index contributed by atoms with van der Waals surface area (Å²) in [6.07, 6.45) is 0. The molecule has 0 aliphatic carbocycles. The summed E-state index contributed by atoms with van der Waals surface area (Å²) < 4.78 is 0. The third-order valence-electron chi connectivity index (χ3n) is 1.49. The fraction of sp³-hybridized carbons (Fsp3) is 0. The van der Waals surface area contributed by atoms with Gasteiger partial charge in [0.15, 0.2) is 11.6 Å². The number of nitrogens with two attached hydrogens (primary N) is 3. The van der Waals surface area contributed by atoms with Crippen molar-refractivity contribution < 1.29 is 14.4 Å². The molecule has 1 aromatic heterocycles. The second-order valence-electron chi connectivity index (χ2n) is 2.83. The maximum atomic E-state index is 10.8. The fourth-order valence-electron chi connectivity index (χ4n) is 0.974. The molecule has 0 aromatic carbocycles. The van der Waals surface area contributed by atoms with Gasteiger partial charge in [0.05, 0.1) is 0 Å². The number of nitrogens with zero attached hydrogens (tertiary/aromatic N) is 3. The van der Waals surface area contributed by atoms with Gasteiger partial charge >= 0.3 is 18.1 Å². The minimum absolute atomic E-state index is 0.199. The van der Waals surface area contributed by atoms with Gasteiger partial charge in [0, 0.05) is 0 Å². The first-order valence-electron chi connectivity index (χ1n) is 4.33. The van der Waals surface area contributed by atoms with Crippen LogP contribution in [0.4, 0.5) is 31.7 Å². The molecule has 6 amide bonds. The van der Waals surface area contributed by atoms with Crippen LogP contribution < -0.4 is 33.2 Å². The number of hydrogen-bond donors (Lipinski definition) is 6. The van der Waals surface area contributed by atoms with Crippen LogP contribution in [-0.4, -0.2) is 33.5 Å². The number of carbonyl (C=O) groups excluding carboxylic acids is 3. The summed E-state index contributed by atoms with van der Waals surface area (Å²) in [6.45, 7) is 0. The lowest BCUT2D eigenvalue weighted by molar-refractivity contribution is 0.258. The molecule has 0 saturated heterocycles. The van der Waals surface area contributed by atoms with Gasteiger partial charge in [0.1, 0.15) is 5.69 Å². The predicted octanol–water partition coefficient (Wildman–Crippen LogP) is -1.66. The van der Waals surface area contributed by atoms with Crippen LogP contribution in [0.15, 0.2) is 0 Å². The number of nitrogens with one attached hydrogen (secondary N) is 3. The average Bonchev–Trinajstić information content (AvgIpc) is 2.20. The molecule has 0 aliphatic heterocycles. The van der Waals surface area contributed by atoms with Gasteiger partial charge in [-0.25, -0.2) is 14.4 Å². The lowest BCUT2D eigenvalue weighted by atomic mass is 10.4. The molecular formula is C6H9N9O3. The average molecular weight is 255 g/mol. The molecule has 18 heavy (non-hydrogen) atoms. The summed E-state index contributed by atoms with van der Waals surface area (Å²) in [5, 5.41) is 16.2. The monoisotopic (exact) mass is 255 g/mol. The first-order chi connectivity index (χ1) is 8.40. The van der Waals surface area contributed by atoms with E-state index in [0.29, 0.717) is 0 Å². The summed E-state index contributed by atoms with van der Waals surface area (Å²) in [4.78, 5) is 32.2. The summed E-state index contributed by atoms with van der Waals surface area (Å²) in [6, 6.07) is -2.91. The van der Waals surface area contributed by atoms with Crippen LogP contribution in [0.2, 0.25) is 0 Å². The smallest absolute Gasteiger partial charge is 0.317 e. The number of amides is 6. The zero-order chi connectivity index (χ0) is 13.7. The van der Waals surface area contributed by atoms with Crippen LogP contribution in [0.5, 0.6) is 0 Å². The summed E-state index contributed by atoms with van der Waals surface area (Å²) in [5.74, 6) is -0.500. The molecule has 12 nitrogen and oxygen atoms in total. The van der Waals surface area contributed by atoms with Crippen molar-refractivity contribution in [1.29, 1.82) is 0 Å². The summed E-state index contributed by atoms with van der Waals surface area (Å²) >= 11 is 0. The van der Waals surface area contributed by atoms with E-state index in [1.54, 1.807) is 0 Å². The van der Waals surface area contributed by atoms with E-state index in [4.69, 9.17) is 17.2 Å². The third kappa shape index (κ3) is 3.44. The van der Waals surface area contributed by atoms with Gasteiger partial charge < -0.3 is 22.5 Å². The van der Waals surface area contributed by atoms with Crippen LogP contribution in [0.3, 0.4) is 0 Å². The Balaban J connectivity index is 3.19. The second kappa shape index (κ2) is 5.24. The van der Waals surface area contributed by atoms with E-state index in [1.807, 2.05) is 0 Å². The van der Waals surface area contributed by atoms with Gasteiger partial charge in [0.2, 0.25) is 0 Å². The maximum Gasteiger partial charge on any atom is 0.317 e. The maximum absolute atomic E-state index is 10.8. The van der Waals surface area contributed by atoms with E-state index in [2.05, 4.69) is 31.4 Å². The molecule has 0 saturated carbocycles. The van der Waals surface area contributed by atoms with Crippen molar-refractivity contribution >= 4 is 35.4 Å². The summed E-state index contributed by atoms with van der Waals surface area (Å²) in [5.41, 5.74) is 14.5. The van der Waals surface area contributed by atoms with Gasteiger partial charge in [-0.3, -0.25) is 10.6 Å². The number of primary amides is 3. The molecule has 0 fully saturated rings. The minimum atomic E-state index is -0.982. The van der Waals surface area contributed by atoms with E-state index in [0.717, 1.165) is 0 Å². The van der Waals surface area contributed by atoms with Crippen molar-refractivity contribution in [2.45, 2.75) is 0 Å². The Morgan fingerprint density at radius 2 is 1.17 bits per heavy atom. The van der Waals surface area contributed by atoms with Gasteiger partial charge in [-0.05, 0) is 5.21 Å². The Kier molecular flexibility index (Phi) is 3.75. The molecule has 1 rings (SSSR count). The van der Waals surface area contributed by atoms with Crippen LogP contribution in [0, 0.1) is 0 Å². The third-order valence-corrected chi connectivity index (χ3v) is 1.49. The van der Waals surface area contributed by atoms with Gasteiger partial charge in [-0.2, -0.15) is 0 Å². The van der Waals surface area contributed by atoms with Crippen LogP contribution in [0.1, 0.15) is 0 Å². The second-order valence-corrected chi connectivity index (χ2v) is 2.83. The molecule has 0 unspecified atom stereocenters. The molecule has 12 heteroatoms. The first-order valence-corrected chi connectivity index (χ1v) is 4.33. The zero-order valence-electron chi connectivity index (χ0n) is 8.80. The van der Waals surface area contributed by atoms with E-state index in [1.165, 1.54) is 0 Å². The quantitative estimate of drug-likeness (QED) is 0.372. The minimum Gasteiger partial charge on any atom is -0.351 e. The molecule has 96 valence electrons. The standard InChI is InChI=1S/C6H9N9O3/c7-4(16)10-1-2(11-5(8)17)13-15-14-3(1)12-6(9)18/h(H3,7,10,15,16)(H6,8,9,11,12,13,14,17,18). The molecule has 0 spiro atoms. The fourth-order valence-corrected chi connectivity index (χ4v) is 0.974. The molecular weight excluding hydrogens is 246 g/mol. The highest BCUT2D eigenvalue weighted by atomic mass is 16.2. The van der Waals surface area contributed by atoms with Crippen molar-refractivity contribution in [2.24, 2.45) is 17.2 Å². The molecule has 1 aromatic rings. The predicted molar refractivity (Wildman–Crippen MR) is 59.4 cm³/mol. The highest BCUT2D eigenvalue weighted by Gasteiger charge is 2.16. The van der Waals surface area contributed by atoms with Gasteiger partial charge in [-0.15, -0.1) is 10.2 Å². The topological polar surface area (TPSA) is 204 Å². The Hall–Kier alpha value is -3.18. The van der Waals surface area contributed by atoms with E-state index in [-0.39, 0.29) is 17.3 Å². The van der Waals surface area contributed by atoms with Gasteiger partial charge in [-0.1, -0.05) is 0 Å². The van der Waals surface area contributed by atoms with Crippen molar-refractivity contribution in [3.63, 3.8) is 0 Å². The summed E-state index contributed by atoms with van der Waals surface area (Å²) in [7, 11) is 0. The van der Waals surface area contributed by atoms with Crippen molar-refractivity contribution in [2.75, 3.05) is 16.0 Å². The lowest BCUT2D eigenvalue weighted by Crippen LogP contribution is -2.27. The zero-order valence-corrected chi connectivity index (χ0v) is 8.80. The molecule has 0 bridgehead atoms. The highest BCUT2D eigenvalue weighted by molar-refractivity contribution is 6.02. The van der Waals surface area contributed by atoms with Crippen LogP contribution >= 0.6 is 0 Å². The van der Waals surface area contributed by atoms with Crippen molar-refractivity contribution in [3.8, 4) is 0 Å². The number of rotatable bonds is 3. The van der Waals surface area contributed by atoms with Crippen LogP contribution in [0.25, 0.3) is 0 Å². The number of carbonyl (C=O) groups is 3. The Bertz CT molecular complexity index is 467. The van der Waals surface area contributed by atoms with Crippen LogP contribution in [-0.2, 0) is 0 Å². The van der Waals surface area contributed by atoms with E-state index in [9.17, 15) is 14.4 Å². The lowest BCUT2D eigenvalue weighted by Gasteiger charge is -2.11. The number of anilines is 3. The van der Waals surface area contributed by atoms with E-state index >= 15 is 0 Å².